The van der Waals surface area contributed by atoms with Gasteiger partial charge in [-0.2, -0.15) is 70.2 Å². The van der Waals surface area contributed by atoms with E-state index in [0.29, 0.717) is 6.08 Å². The van der Waals surface area contributed by atoms with Gasteiger partial charge >= 0.3 is 48.2 Å². The number of hydrogen-bond donors (Lipinski definition) is 0. The van der Waals surface area contributed by atoms with Crippen LogP contribution < -0.4 is 0 Å². The Kier molecular flexibility index (Phi) is 9.21. The molecule has 0 amide bonds. The van der Waals surface area contributed by atoms with E-state index >= 15 is 0 Å². The predicted octanol–water partition coefficient (Wildman–Crippen LogP) is 5.91. The average Bonchev–Trinajstić information content (AvgIpc) is 2.55. The molecule has 0 aliphatic carbocycles. The smallest absolute Gasteiger partial charge is 0.410 e. The number of carbonyl (C=O) groups is 2. The van der Waals surface area contributed by atoms with E-state index in [1.807, 2.05) is 0 Å². The van der Waals surface area contributed by atoms with Crippen molar-refractivity contribution in [1.29, 1.82) is 0 Å². The summed E-state index contributed by atoms with van der Waals surface area (Å²) in [6, 6.07) is 0. The second-order valence-electron chi connectivity index (χ2n) is 6.47. The lowest BCUT2D eigenvalue weighted by Gasteiger charge is -2.38. The minimum Gasteiger partial charge on any atom is -0.462 e. The second kappa shape index (κ2) is 9.90. The minimum atomic E-state index is -7.94. The highest BCUT2D eigenvalue weighted by Gasteiger charge is 2.85. The third-order valence-corrected chi connectivity index (χ3v) is 3.71. The maximum absolute atomic E-state index is 14.3. The summed E-state index contributed by atoms with van der Waals surface area (Å²) >= 11 is 0. The molecule has 4 nitrogen and oxygen atoms in total. The van der Waals surface area contributed by atoms with Crippen molar-refractivity contribution in [2.24, 2.45) is 5.92 Å². The molecule has 0 saturated heterocycles. The van der Waals surface area contributed by atoms with Crippen LogP contribution in [0.4, 0.5) is 70.2 Å². The molecule has 1 atom stereocenters. The van der Waals surface area contributed by atoms with Crippen molar-refractivity contribution in [3.8, 4) is 0 Å². The molecule has 0 heterocycles. The van der Waals surface area contributed by atoms with Gasteiger partial charge in [0.25, 0.3) is 5.85 Å². The average molecular weight is 558 g/mol. The van der Waals surface area contributed by atoms with Crippen LogP contribution in [-0.4, -0.2) is 60.7 Å². The highest BCUT2D eigenvalue weighted by Crippen LogP contribution is 2.58. The normalized spacial score (nSPS) is 16.0. The maximum atomic E-state index is 14.3. The van der Waals surface area contributed by atoms with Crippen LogP contribution in [0.25, 0.3) is 0 Å². The van der Waals surface area contributed by atoms with E-state index in [0.717, 1.165) is 0 Å². The van der Waals surface area contributed by atoms with E-state index < -0.39 is 79.5 Å². The van der Waals surface area contributed by atoms with Crippen LogP contribution in [0, 0.1) is 5.92 Å². The van der Waals surface area contributed by atoms with E-state index in [1.54, 1.807) is 0 Å². The highest BCUT2D eigenvalue weighted by molar-refractivity contribution is 5.81. The molecule has 20 heteroatoms. The number of ether oxygens (including phenoxy) is 2. The van der Waals surface area contributed by atoms with Gasteiger partial charge in [-0.25, -0.2) is 9.59 Å². The zero-order valence-corrected chi connectivity index (χ0v) is 16.2. The summed E-state index contributed by atoms with van der Waals surface area (Å²) in [6.45, 7) is 1.19. The molecule has 0 fully saturated rings. The first-order valence-corrected chi connectivity index (χ1v) is 8.21. The predicted molar refractivity (Wildman–Crippen MR) is 76.8 cm³/mol. The number of alkyl halides is 16. The van der Waals surface area contributed by atoms with Gasteiger partial charge in [0.05, 0.1) is 13.0 Å². The lowest BCUT2D eigenvalue weighted by Crippen LogP contribution is -2.66. The van der Waals surface area contributed by atoms with Crippen molar-refractivity contribution in [2.45, 2.75) is 55.0 Å². The zero-order valence-electron chi connectivity index (χ0n) is 16.2. The maximum Gasteiger partial charge on any atom is 0.410 e. The lowest BCUT2D eigenvalue weighted by molar-refractivity contribution is -0.399. The van der Waals surface area contributed by atoms with E-state index in [-0.39, 0.29) is 0 Å². The number of hydrogen-bond acceptors (Lipinski definition) is 4. The largest absolute Gasteiger partial charge is 0.462 e. The van der Waals surface area contributed by atoms with Crippen molar-refractivity contribution in [3.63, 3.8) is 0 Å². The summed E-state index contributed by atoms with van der Waals surface area (Å²) in [4.78, 5) is 22.0. The summed E-state index contributed by atoms with van der Waals surface area (Å²) in [5.74, 6) is -40.5. The first-order chi connectivity index (χ1) is 15.2. The van der Waals surface area contributed by atoms with Crippen molar-refractivity contribution in [3.05, 3.63) is 12.7 Å². The molecule has 0 radical (unpaired) electrons. The second-order valence-corrected chi connectivity index (χ2v) is 6.47. The van der Waals surface area contributed by atoms with Gasteiger partial charge in [0, 0.05) is 6.08 Å². The van der Waals surface area contributed by atoms with Gasteiger partial charge in [-0.05, 0) is 0 Å². The van der Waals surface area contributed by atoms with Crippen LogP contribution in [0.3, 0.4) is 0 Å². The Morgan fingerprint density at radius 2 is 1.20 bits per heavy atom. The molecule has 206 valence electrons. The van der Waals surface area contributed by atoms with Crippen LogP contribution in [0.1, 0.15) is 12.8 Å². The molecule has 0 aromatic rings. The molecule has 0 N–H and O–H groups in total. The van der Waals surface area contributed by atoms with Crippen LogP contribution in [-0.2, 0) is 19.1 Å². The van der Waals surface area contributed by atoms with Gasteiger partial charge in [0.15, 0.2) is 0 Å². The number of rotatable bonds is 10. The Labute approximate surface area is 182 Å². The lowest BCUT2D eigenvalue weighted by atomic mass is 9.90. The van der Waals surface area contributed by atoms with Crippen LogP contribution >= 0.6 is 0 Å². The monoisotopic (exact) mass is 558 g/mol. The molecule has 0 rings (SSSR count). The van der Waals surface area contributed by atoms with Gasteiger partial charge in [-0.3, -0.25) is 0 Å². The Hall–Kier alpha value is -2.44. The quantitative estimate of drug-likeness (QED) is 0.190. The molecule has 0 aromatic carbocycles. The zero-order chi connectivity index (χ0) is 28.5. The first-order valence-electron chi connectivity index (χ1n) is 8.21. The number of esters is 2. The van der Waals surface area contributed by atoms with Crippen molar-refractivity contribution in [1.82, 2.24) is 0 Å². The van der Waals surface area contributed by atoms with Crippen LogP contribution in [0.5, 0.6) is 0 Å². The molecular weight excluding hydrogens is 548 g/mol. The molecule has 0 aromatic heterocycles. The van der Waals surface area contributed by atoms with Gasteiger partial charge in [0.2, 0.25) is 5.92 Å². The summed E-state index contributed by atoms with van der Waals surface area (Å²) in [5.41, 5.74) is 0. The first kappa shape index (κ1) is 32.6. The molecule has 0 aliphatic heterocycles. The fourth-order valence-electron chi connectivity index (χ4n) is 2.18. The molecule has 0 aliphatic rings. The minimum absolute atomic E-state index is 0.324. The topological polar surface area (TPSA) is 52.6 Å². The number of halogens is 16. The highest BCUT2D eigenvalue weighted by atomic mass is 19.4. The Bertz CT molecular complexity index is 767. The van der Waals surface area contributed by atoms with Crippen LogP contribution in [0.2, 0.25) is 0 Å². The molecular formula is C15H10F16O4. The van der Waals surface area contributed by atoms with E-state index in [4.69, 9.17) is 0 Å². The van der Waals surface area contributed by atoms with Crippen molar-refractivity contribution >= 4 is 11.9 Å². The van der Waals surface area contributed by atoms with E-state index in [2.05, 4.69) is 16.1 Å². The standard InChI is InChI=1S/C15H10F16O4/c1-2-6(32)34-4-3-9(16,5-10(17,18)19)35-8(33)12(22,23)15(30,31)11(20,21)7(13(24,25)26)14(27,28)29/h2,7H,1,3-5H2. The SMILES string of the molecule is C=CC(=O)OCCC(F)(CC(F)(F)F)OC(=O)C(F)(F)C(F)(F)C(F)(F)C(C(F)(F)F)C(F)(F)F. The Morgan fingerprint density at radius 3 is 1.54 bits per heavy atom. The van der Waals surface area contributed by atoms with E-state index in [1.165, 1.54) is 0 Å². The molecule has 0 saturated carbocycles. The third-order valence-electron chi connectivity index (χ3n) is 3.71. The van der Waals surface area contributed by atoms with Gasteiger partial charge in [0.1, 0.15) is 6.42 Å². The third kappa shape index (κ3) is 7.77. The Balaban J connectivity index is 6.28. The summed E-state index contributed by atoms with van der Waals surface area (Å²) < 4.78 is 215. The molecule has 0 bridgehead atoms. The summed E-state index contributed by atoms with van der Waals surface area (Å²) in [6.07, 6.45) is -25.4. The van der Waals surface area contributed by atoms with Gasteiger partial charge in [-0.15, -0.1) is 0 Å². The Morgan fingerprint density at radius 1 is 0.771 bits per heavy atom. The molecule has 1 unspecified atom stereocenters. The van der Waals surface area contributed by atoms with E-state index in [9.17, 15) is 79.8 Å². The van der Waals surface area contributed by atoms with Gasteiger partial charge in [-0.1, -0.05) is 6.58 Å². The fourth-order valence-corrected chi connectivity index (χ4v) is 2.18. The van der Waals surface area contributed by atoms with Crippen molar-refractivity contribution in [2.75, 3.05) is 6.61 Å². The summed E-state index contributed by atoms with van der Waals surface area (Å²) in [5, 5.41) is 0. The number of carbonyl (C=O) groups excluding carboxylic acids is 2. The van der Waals surface area contributed by atoms with Crippen molar-refractivity contribution < 1.29 is 89.3 Å². The molecule has 35 heavy (non-hydrogen) atoms. The van der Waals surface area contributed by atoms with Crippen LogP contribution in [0.15, 0.2) is 12.7 Å². The van der Waals surface area contributed by atoms with Gasteiger partial charge < -0.3 is 9.47 Å². The molecule has 0 spiro atoms. The fraction of sp³-hybridized carbons (Fsp3) is 0.733. The summed E-state index contributed by atoms with van der Waals surface area (Å²) in [7, 11) is 0.